The molecule has 2 aliphatic rings. The van der Waals surface area contributed by atoms with Crippen molar-refractivity contribution in [2.45, 2.75) is 18.3 Å². The molecule has 0 saturated carbocycles. The van der Waals surface area contributed by atoms with Gasteiger partial charge in [0.2, 0.25) is 5.91 Å². The van der Waals surface area contributed by atoms with Crippen molar-refractivity contribution in [3.05, 3.63) is 58.6 Å². The predicted molar refractivity (Wildman–Crippen MR) is 118 cm³/mol. The smallest absolute Gasteiger partial charge is 0.233 e. The lowest BCUT2D eigenvalue weighted by atomic mass is 9.73. The molecule has 4 rings (SSSR count). The van der Waals surface area contributed by atoms with Crippen LogP contribution in [0.2, 0.25) is 0 Å². The SMILES string of the molecule is COc1cccc(N2CCN(C(=O)C3(c4ccc(Br)cc4)CCOCC3)CC2)c1. The maximum atomic E-state index is 13.7. The number of methoxy groups -OCH3 is 1. The number of halogens is 1. The van der Waals surface area contributed by atoms with Crippen molar-refractivity contribution >= 4 is 27.5 Å². The number of piperazine rings is 1. The molecule has 2 aromatic rings. The Morgan fingerprint density at radius 1 is 1.03 bits per heavy atom. The third kappa shape index (κ3) is 4.14. The van der Waals surface area contributed by atoms with Gasteiger partial charge in [0.05, 0.1) is 12.5 Å². The summed E-state index contributed by atoms with van der Waals surface area (Å²) in [6, 6.07) is 16.3. The van der Waals surface area contributed by atoms with Gasteiger partial charge in [-0.25, -0.2) is 0 Å². The van der Waals surface area contributed by atoms with E-state index in [0.29, 0.717) is 13.2 Å². The fraction of sp³-hybridized carbons (Fsp3) is 0.435. The van der Waals surface area contributed by atoms with Crippen LogP contribution in [0.25, 0.3) is 0 Å². The van der Waals surface area contributed by atoms with E-state index in [1.165, 1.54) is 0 Å². The Bertz CT molecular complexity index is 841. The van der Waals surface area contributed by atoms with E-state index in [-0.39, 0.29) is 5.91 Å². The van der Waals surface area contributed by atoms with E-state index in [9.17, 15) is 4.79 Å². The third-order valence-corrected chi connectivity index (χ3v) is 6.67. The van der Waals surface area contributed by atoms with E-state index >= 15 is 0 Å². The number of hydrogen-bond donors (Lipinski definition) is 0. The summed E-state index contributed by atoms with van der Waals surface area (Å²) in [7, 11) is 1.69. The Kier molecular flexibility index (Phi) is 6.11. The number of nitrogens with zero attached hydrogens (tertiary/aromatic N) is 2. The van der Waals surface area contributed by atoms with Gasteiger partial charge in [0.15, 0.2) is 0 Å². The number of carbonyl (C=O) groups is 1. The molecule has 2 fully saturated rings. The van der Waals surface area contributed by atoms with Crippen LogP contribution in [0, 0.1) is 0 Å². The minimum absolute atomic E-state index is 0.244. The molecule has 2 aliphatic heterocycles. The van der Waals surface area contributed by atoms with Crippen LogP contribution in [0.3, 0.4) is 0 Å². The van der Waals surface area contributed by atoms with Gasteiger partial charge in [0.25, 0.3) is 0 Å². The first kappa shape index (κ1) is 20.2. The second-order valence-electron chi connectivity index (χ2n) is 7.68. The van der Waals surface area contributed by atoms with Crippen LogP contribution in [0.5, 0.6) is 5.75 Å². The van der Waals surface area contributed by atoms with E-state index in [4.69, 9.17) is 9.47 Å². The van der Waals surface area contributed by atoms with Crippen LogP contribution in [0.15, 0.2) is 53.0 Å². The number of amides is 1. The maximum absolute atomic E-state index is 13.7. The topological polar surface area (TPSA) is 42.0 Å². The van der Waals surface area contributed by atoms with Crippen LogP contribution in [-0.2, 0) is 14.9 Å². The van der Waals surface area contributed by atoms with Crippen molar-refractivity contribution in [1.29, 1.82) is 0 Å². The zero-order chi connectivity index (χ0) is 20.3. The van der Waals surface area contributed by atoms with Crippen molar-refractivity contribution in [2.75, 3.05) is 51.4 Å². The summed E-state index contributed by atoms with van der Waals surface area (Å²) in [5.74, 6) is 1.10. The Morgan fingerprint density at radius 3 is 2.38 bits per heavy atom. The predicted octanol–water partition coefficient (Wildman–Crippen LogP) is 3.85. The number of ether oxygens (including phenoxy) is 2. The van der Waals surface area contributed by atoms with Crippen LogP contribution in [0.4, 0.5) is 5.69 Å². The van der Waals surface area contributed by atoms with Crippen molar-refractivity contribution in [1.82, 2.24) is 4.90 Å². The van der Waals surface area contributed by atoms with Gasteiger partial charge in [0.1, 0.15) is 5.75 Å². The van der Waals surface area contributed by atoms with Gasteiger partial charge in [-0.15, -0.1) is 0 Å². The summed E-state index contributed by atoms with van der Waals surface area (Å²) < 4.78 is 12.0. The summed E-state index contributed by atoms with van der Waals surface area (Å²) in [6.07, 6.45) is 1.48. The first-order valence-corrected chi connectivity index (χ1v) is 10.9. The molecule has 0 atom stereocenters. The van der Waals surface area contributed by atoms with Crippen molar-refractivity contribution in [3.8, 4) is 5.75 Å². The fourth-order valence-electron chi connectivity index (χ4n) is 4.39. The maximum Gasteiger partial charge on any atom is 0.233 e. The average Bonchev–Trinajstić information content (AvgIpc) is 2.79. The number of carbonyl (C=O) groups excluding carboxylic acids is 1. The Morgan fingerprint density at radius 2 is 1.72 bits per heavy atom. The molecule has 0 spiro atoms. The molecule has 2 aromatic carbocycles. The molecule has 154 valence electrons. The van der Waals surface area contributed by atoms with Gasteiger partial charge in [0, 0.05) is 55.6 Å². The largest absolute Gasteiger partial charge is 0.497 e. The highest BCUT2D eigenvalue weighted by Crippen LogP contribution is 2.38. The Hall–Kier alpha value is -2.05. The molecule has 0 unspecified atom stereocenters. The summed E-state index contributed by atoms with van der Waals surface area (Å²) in [5, 5.41) is 0. The molecular formula is C23H27BrN2O3. The highest BCUT2D eigenvalue weighted by atomic mass is 79.9. The molecule has 5 nitrogen and oxygen atoms in total. The highest BCUT2D eigenvalue weighted by Gasteiger charge is 2.44. The van der Waals surface area contributed by atoms with E-state index in [2.05, 4.69) is 45.1 Å². The zero-order valence-corrected chi connectivity index (χ0v) is 18.4. The third-order valence-electron chi connectivity index (χ3n) is 6.14. The molecule has 0 radical (unpaired) electrons. The Balaban J connectivity index is 1.50. The fourth-order valence-corrected chi connectivity index (χ4v) is 4.66. The zero-order valence-electron chi connectivity index (χ0n) is 16.8. The molecule has 0 aliphatic carbocycles. The first-order chi connectivity index (χ1) is 14.1. The van der Waals surface area contributed by atoms with Crippen molar-refractivity contribution < 1.29 is 14.3 Å². The number of rotatable bonds is 4. The van der Waals surface area contributed by atoms with E-state index in [0.717, 1.165) is 60.5 Å². The summed E-state index contributed by atoms with van der Waals surface area (Å²) in [5.41, 5.74) is 1.77. The normalized spacial score (nSPS) is 19.1. The molecular weight excluding hydrogens is 432 g/mol. The van der Waals surface area contributed by atoms with Crippen molar-refractivity contribution in [2.24, 2.45) is 0 Å². The lowest BCUT2D eigenvalue weighted by molar-refractivity contribution is -0.141. The molecule has 0 N–H and O–H groups in total. The number of anilines is 1. The van der Waals surface area contributed by atoms with Crippen LogP contribution in [-0.4, -0.2) is 57.3 Å². The lowest BCUT2D eigenvalue weighted by Crippen LogP contribution is -2.56. The quantitative estimate of drug-likeness (QED) is 0.697. The van der Waals surface area contributed by atoms with Gasteiger partial charge >= 0.3 is 0 Å². The van der Waals surface area contributed by atoms with Crippen LogP contribution < -0.4 is 9.64 Å². The first-order valence-electron chi connectivity index (χ1n) is 10.1. The number of hydrogen-bond acceptors (Lipinski definition) is 4. The molecule has 2 heterocycles. The second-order valence-corrected chi connectivity index (χ2v) is 8.60. The Labute approximate surface area is 180 Å². The molecule has 2 saturated heterocycles. The van der Waals surface area contributed by atoms with Crippen molar-refractivity contribution in [3.63, 3.8) is 0 Å². The van der Waals surface area contributed by atoms with Gasteiger partial charge in [-0.05, 0) is 42.7 Å². The monoisotopic (exact) mass is 458 g/mol. The minimum atomic E-state index is -0.475. The standard InChI is InChI=1S/C23H27BrN2O3/c1-28-21-4-2-3-20(17-21)25-11-13-26(14-12-25)22(27)23(9-15-29-16-10-23)18-5-7-19(24)8-6-18/h2-8,17H,9-16H2,1H3. The van der Waals surface area contributed by atoms with E-state index < -0.39 is 5.41 Å². The van der Waals surface area contributed by atoms with Crippen LogP contribution in [0.1, 0.15) is 18.4 Å². The minimum Gasteiger partial charge on any atom is -0.497 e. The second kappa shape index (κ2) is 8.76. The number of benzene rings is 2. The van der Waals surface area contributed by atoms with Gasteiger partial charge < -0.3 is 19.3 Å². The summed E-state index contributed by atoms with van der Waals surface area (Å²) in [6.45, 7) is 4.37. The average molecular weight is 459 g/mol. The molecule has 29 heavy (non-hydrogen) atoms. The van der Waals surface area contributed by atoms with Gasteiger partial charge in [-0.3, -0.25) is 4.79 Å². The molecule has 6 heteroatoms. The van der Waals surface area contributed by atoms with Gasteiger partial charge in [-0.2, -0.15) is 0 Å². The molecule has 0 aromatic heterocycles. The lowest BCUT2D eigenvalue weighted by Gasteiger charge is -2.43. The van der Waals surface area contributed by atoms with E-state index in [1.807, 2.05) is 29.2 Å². The van der Waals surface area contributed by atoms with E-state index in [1.54, 1.807) is 7.11 Å². The summed E-state index contributed by atoms with van der Waals surface area (Å²) >= 11 is 3.51. The summed E-state index contributed by atoms with van der Waals surface area (Å²) in [4.78, 5) is 18.1. The van der Waals surface area contributed by atoms with Gasteiger partial charge in [-0.1, -0.05) is 34.1 Å². The molecule has 0 bridgehead atoms. The highest BCUT2D eigenvalue weighted by molar-refractivity contribution is 9.10. The van der Waals surface area contributed by atoms with Crippen LogP contribution >= 0.6 is 15.9 Å². The molecule has 1 amide bonds.